The summed E-state index contributed by atoms with van der Waals surface area (Å²) in [6.45, 7) is 0.311. The van der Waals surface area contributed by atoms with Crippen LogP contribution in [-0.4, -0.2) is 48.5 Å². The highest BCUT2D eigenvalue weighted by atomic mass is 19.1. The summed E-state index contributed by atoms with van der Waals surface area (Å²) in [5, 5.41) is 24.9. The molecule has 1 aliphatic rings. The van der Waals surface area contributed by atoms with Gasteiger partial charge in [0.15, 0.2) is 5.65 Å². The molecule has 1 fully saturated rings. The Kier molecular flexibility index (Phi) is 6.05. The summed E-state index contributed by atoms with van der Waals surface area (Å²) >= 11 is 0. The maximum Gasteiger partial charge on any atom is 0.224 e. The molecule has 10 heteroatoms. The SMILES string of the molecule is OCCCn1c(Nc2c(F)cccc2F)nc2cnc(N[C@H]3CC[C@H](O)CC3)nc21. The number of hydrogen-bond donors (Lipinski definition) is 4. The smallest absolute Gasteiger partial charge is 0.224 e. The monoisotopic (exact) mass is 418 g/mol. The number of aliphatic hydroxyl groups is 2. The Balaban J connectivity index is 1.65. The zero-order valence-electron chi connectivity index (χ0n) is 16.4. The Morgan fingerprint density at radius 1 is 1.10 bits per heavy atom. The van der Waals surface area contributed by atoms with Crippen LogP contribution in [0.2, 0.25) is 0 Å². The molecule has 8 nitrogen and oxygen atoms in total. The molecule has 4 N–H and O–H groups in total. The van der Waals surface area contributed by atoms with Crippen LogP contribution in [0, 0.1) is 11.6 Å². The average molecular weight is 418 g/mol. The molecule has 2 heterocycles. The summed E-state index contributed by atoms with van der Waals surface area (Å²) < 4.78 is 29.9. The lowest BCUT2D eigenvalue weighted by Crippen LogP contribution is -2.28. The van der Waals surface area contributed by atoms with Crippen LogP contribution in [0.1, 0.15) is 32.1 Å². The largest absolute Gasteiger partial charge is 0.396 e. The summed E-state index contributed by atoms with van der Waals surface area (Å²) in [4.78, 5) is 13.3. The molecule has 0 saturated heterocycles. The molecule has 4 rings (SSSR count). The molecule has 2 aromatic heterocycles. The molecular weight excluding hydrogens is 394 g/mol. The van der Waals surface area contributed by atoms with Crippen molar-refractivity contribution in [3.8, 4) is 0 Å². The lowest BCUT2D eigenvalue weighted by molar-refractivity contribution is 0.126. The zero-order valence-corrected chi connectivity index (χ0v) is 16.4. The number of nitrogens with zero attached hydrogens (tertiary/aromatic N) is 4. The topological polar surface area (TPSA) is 108 Å². The van der Waals surface area contributed by atoms with Crippen molar-refractivity contribution in [1.82, 2.24) is 19.5 Å². The van der Waals surface area contributed by atoms with E-state index in [0.717, 1.165) is 37.8 Å². The maximum absolute atomic E-state index is 14.1. The number of aryl methyl sites for hydroxylation is 1. The predicted octanol–water partition coefficient (Wildman–Crippen LogP) is 2.95. The molecule has 0 atom stereocenters. The maximum atomic E-state index is 14.1. The predicted molar refractivity (Wildman–Crippen MR) is 109 cm³/mol. The first kappa shape index (κ1) is 20.4. The van der Waals surface area contributed by atoms with Gasteiger partial charge in [0.05, 0.1) is 12.3 Å². The van der Waals surface area contributed by atoms with E-state index in [1.165, 1.54) is 6.07 Å². The van der Waals surface area contributed by atoms with Crippen molar-refractivity contribution in [2.75, 3.05) is 17.2 Å². The van der Waals surface area contributed by atoms with Gasteiger partial charge in [0, 0.05) is 19.2 Å². The molecule has 160 valence electrons. The van der Waals surface area contributed by atoms with Gasteiger partial charge in [-0.2, -0.15) is 4.98 Å². The Morgan fingerprint density at radius 3 is 2.53 bits per heavy atom. The van der Waals surface area contributed by atoms with Crippen molar-refractivity contribution in [1.29, 1.82) is 0 Å². The molecule has 1 aromatic carbocycles. The molecule has 1 saturated carbocycles. The summed E-state index contributed by atoms with van der Waals surface area (Å²) in [6, 6.07) is 3.78. The van der Waals surface area contributed by atoms with Gasteiger partial charge in [-0.15, -0.1) is 0 Å². The van der Waals surface area contributed by atoms with Crippen LogP contribution in [0.15, 0.2) is 24.4 Å². The van der Waals surface area contributed by atoms with Gasteiger partial charge in [0.2, 0.25) is 11.9 Å². The molecule has 1 aliphatic carbocycles. The fourth-order valence-corrected chi connectivity index (χ4v) is 3.66. The summed E-state index contributed by atoms with van der Waals surface area (Å²) in [7, 11) is 0. The molecule has 30 heavy (non-hydrogen) atoms. The normalized spacial score (nSPS) is 19.2. The number of fused-ring (bicyclic) bond motifs is 1. The van der Waals surface area contributed by atoms with Crippen LogP contribution in [0.4, 0.5) is 26.4 Å². The van der Waals surface area contributed by atoms with E-state index in [1.54, 1.807) is 10.8 Å². The van der Waals surface area contributed by atoms with Crippen LogP contribution in [0.3, 0.4) is 0 Å². The number of hydrogen-bond acceptors (Lipinski definition) is 7. The quantitative estimate of drug-likeness (QED) is 0.467. The second-order valence-corrected chi connectivity index (χ2v) is 7.44. The summed E-state index contributed by atoms with van der Waals surface area (Å²) in [5.74, 6) is -0.820. The highest BCUT2D eigenvalue weighted by Crippen LogP contribution is 2.27. The Hall–Kier alpha value is -2.85. The molecular formula is C20H24F2N6O2. The lowest BCUT2D eigenvalue weighted by Gasteiger charge is -2.26. The standard InChI is InChI=1S/C20H24F2N6O2/c21-14-3-1-4-15(22)17(14)26-20-25-16-11-23-19(24-12-5-7-13(30)8-6-12)27-18(16)28(20)9-2-10-29/h1,3-4,11-13,29-30H,2,5-10H2,(H,25,26)(H,23,24,27)/t12-,13-. The van der Waals surface area contributed by atoms with Gasteiger partial charge in [0.1, 0.15) is 22.8 Å². The van der Waals surface area contributed by atoms with Gasteiger partial charge in [-0.1, -0.05) is 6.07 Å². The molecule has 3 aromatic rings. The van der Waals surface area contributed by atoms with Crippen LogP contribution < -0.4 is 10.6 Å². The first-order valence-corrected chi connectivity index (χ1v) is 10.0. The number of para-hydroxylation sites is 1. The minimum Gasteiger partial charge on any atom is -0.396 e. The van der Waals surface area contributed by atoms with E-state index in [0.29, 0.717) is 30.1 Å². The third-order valence-electron chi connectivity index (χ3n) is 5.26. The second-order valence-electron chi connectivity index (χ2n) is 7.44. The molecule has 0 spiro atoms. The first-order valence-electron chi connectivity index (χ1n) is 10.0. The number of benzene rings is 1. The molecule has 0 radical (unpaired) electrons. The lowest BCUT2D eigenvalue weighted by atomic mass is 9.93. The number of nitrogens with one attached hydrogen (secondary N) is 2. The van der Waals surface area contributed by atoms with Crippen molar-refractivity contribution in [3.63, 3.8) is 0 Å². The third-order valence-corrected chi connectivity index (χ3v) is 5.26. The van der Waals surface area contributed by atoms with Gasteiger partial charge in [-0.3, -0.25) is 4.57 Å². The average Bonchev–Trinajstić information content (AvgIpc) is 3.07. The Bertz CT molecular complexity index is 1000. The number of rotatable bonds is 7. The van der Waals surface area contributed by atoms with E-state index in [2.05, 4.69) is 25.6 Å². The van der Waals surface area contributed by atoms with Gasteiger partial charge >= 0.3 is 0 Å². The van der Waals surface area contributed by atoms with Gasteiger partial charge in [0.25, 0.3) is 0 Å². The van der Waals surface area contributed by atoms with E-state index in [4.69, 9.17) is 0 Å². The summed E-state index contributed by atoms with van der Waals surface area (Å²) in [5.41, 5.74) is 0.665. The highest BCUT2D eigenvalue weighted by Gasteiger charge is 2.21. The number of anilines is 3. The Labute approximate surface area is 172 Å². The molecule has 0 amide bonds. The number of aromatic nitrogens is 4. The molecule has 0 bridgehead atoms. The van der Waals surface area contributed by atoms with Gasteiger partial charge in [-0.05, 0) is 44.2 Å². The van der Waals surface area contributed by atoms with Crippen LogP contribution >= 0.6 is 0 Å². The van der Waals surface area contributed by atoms with E-state index in [-0.39, 0.29) is 30.4 Å². The number of halogens is 2. The van der Waals surface area contributed by atoms with E-state index in [9.17, 15) is 19.0 Å². The van der Waals surface area contributed by atoms with Crippen LogP contribution in [-0.2, 0) is 6.54 Å². The van der Waals surface area contributed by atoms with Gasteiger partial charge in [-0.25, -0.2) is 18.7 Å². The van der Waals surface area contributed by atoms with Crippen molar-refractivity contribution < 1.29 is 19.0 Å². The molecule has 0 unspecified atom stereocenters. The minimum atomic E-state index is -0.733. The Morgan fingerprint density at radius 2 is 1.83 bits per heavy atom. The third kappa shape index (κ3) is 4.34. The number of imidazole rings is 1. The van der Waals surface area contributed by atoms with E-state index in [1.807, 2.05) is 0 Å². The minimum absolute atomic E-state index is 0.0479. The van der Waals surface area contributed by atoms with Crippen molar-refractivity contribution in [3.05, 3.63) is 36.0 Å². The van der Waals surface area contributed by atoms with Crippen molar-refractivity contribution in [2.45, 2.75) is 50.8 Å². The van der Waals surface area contributed by atoms with Crippen LogP contribution in [0.25, 0.3) is 11.2 Å². The molecule has 0 aliphatic heterocycles. The van der Waals surface area contributed by atoms with E-state index < -0.39 is 11.6 Å². The van der Waals surface area contributed by atoms with Crippen LogP contribution in [0.5, 0.6) is 0 Å². The summed E-state index contributed by atoms with van der Waals surface area (Å²) in [6.07, 6.45) is 4.84. The zero-order chi connectivity index (χ0) is 21.1. The number of aliphatic hydroxyl groups excluding tert-OH is 2. The highest BCUT2D eigenvalue weighted by molar-refractivity contribution is 5.76. The second kappa shape index (κ2) is 8.88. The van der Waals surface area contributed by atoms with E-state index >= 15 is 0 Å². The van der Waals surface area contributed by atoms with Gasteiger partial charge < -0.3 is 20.8 Å². The fourth-order valence-electron chi connectivity index (χ4n) is 3.66. The fraction of sp³-hybridized carbons (Fsp3) is 0.450. The van der Waals surface area contributed by atoms with Crippen molar-refractivity contribution in [2.24, 2.45) is 0 Å². The van der Waals surface area contributed by atoms with Crippen molar-refractivity contribution >= 4 is 28.7 Å². The first-order chi connectivity index (χ1) is 14.5.